The lowest BCUT2D eigenvalue weighted by Crippen LogP contribution is -2.19. The molecule has 0 unspecified atom stereocenters. The van der Waals surface area contributed by atoms with Crippen molar-refractivity contribution in [3.05, 3.63) is 33.8 Å². The van der Waals surface area contributed by atoms with E-state index < -0.39 is 0 Å². The Kier molecular flexibility index (Phi) is 2.18. The van der Waals surface area contributed by atoms with Crippen molar-refractivity contribution < 1.29 is 0 Å². The molecule has 0 amide bonds. The number of hydrogen-bond acceptors (Lipinski definition) is 1. The molecule has 1 aromatic rings. The molecule has 1 aromatic carbocycles. The van der Waals surface area contributed by atoms with Crippen LogP contribution in [0.2, 0.25) is 0 Å². The summed E-state index contributed by atoms with van der Waals surface area (Å²) in [7, 11) is 0. The average Bonchev–Trinajstić information content (AvgIpc) is 3.13. The Morgan fingerprint density at radius 1 is 1.33 bits per heavy atom. The summed E-state index contributed by atoms with van der Waals surface area (Å²) in [6.45, 7) is 0.794. The van der Waals surface area contributed by atoms with E-state index in [1.54, 1.807) is 0 Å². The van der Waals surface area contributed by atoms with Gasteiger partial charge >= 0.3 is 0 Å². The molecule has 15 heavy (non-hydrogen) atoms. The fourth-order valence-corrected chi connectivity index (χ4v) is 3.05. The van der Waals surface area contributed by atoms with Crippen LogP contribution in [0.3, 0.4) is 0 Å². The third kappa shape index (κ3) is 1.64. The van der Waals surface area contributed by atoms with Gasteiger partial charge in [-0.05, 0) is 48.8 Å². The standard InChI is InChI=1S/C13H16BrN/c14-12-7-10(13(8-15)5-6-13)3-4-11(12)9-1-2-9/h3-4,7,9H,1-2,5-6,8,15H2. The number of benzene rings is 1. The number of rotatable bonds is 3. The Labute approximate surface area is 99.2 Å². The van der Waals surface area contributed by atoms with Gasteiger partial charge in [0.05, 0.1) is 0 Å². The van der Waals surface area contributed by atoms with Gasteiger partial charge in [0.1, 0.15) is 0 Å². The maximum atomic E-state index is 5.85. The summed E-state index contributed by atoms with van der Waals surface area (Å²) in [4.78, 5) is 0. The van der Waals surface area contributed by atoms with E-state index in [1.807, 2.05) is 0 Å². The molecule has 0 aromatic heterocycles. The summed E-state index contributed by atoms with van der Waals surface area (Å²) in [6, 6.07) is 6.89. The lowest BCUT2D eigenvalue weighted by molar-refractivity contribution is 0.703. The summed E-state index contributed by atoms with van der Waals surface area (Å²) in [5.41, 5.74) is 9.09. The van der Waals surface area contributed by atoms with Gasteiger partial charge in [-0.2, -0.15) is 0 Å². The fraction of sp³-hybridized carbons (Fsp3) is 0.538. The molecule has 2 fully saturated rings. The molecule has 3 rings (SSSR count). The predicted octanol–water partition coefficient (Wildman–Crippen LogP) is 3.32. The second-order valence-corrected chi connectivity index (χ2v) is 5.85. The topological polar surface area (TPSA) is 26.0 Å². The second-order valence-electron chi connectivity index (χ2n) is 5.00. The first kappa shape index (κ1) is 9.86. The van der Waals surface area contributed by atoms with Gasteiger partial charge in [0.15, 0.2) is 0 Å². The maximum absolute atomic E-state index is 5.85. The summed E-state index contributed by atoms with van der Waals surface area (Å²) >= 11 is 3.70. The van der Waals surface area contributed by atoms with Crippen molar-refractivity contribution in [2.45, 2.75) is 37.0 Å². The van der Waals surface area contributed by atoms with E-state index in [0.29, 0.717) is 5.41 Å². The smallest absolute Gasteiger partial charge is 0.0213 e. The SMILES string of the molecule is NCC1(c2ccc(C3CC3)c(Br)c2)CC1. The van der Waals surface area contributed by atoms with E-state index >= 15 is 0 Å². The molecule has 2 N–H and O–H groups in total. The largest absolute Gasteiger partial charge is 0.330 e. The van der Waals surface area contributed by atoms with Crippen molar-refractivity contribution in [1.82, 2.24) is 0 Å². The highest BCUT2D eigenvalue weighted by atomic mass is 79.9. The van der Waals surface area contributed by atoms with Gasteiger partial charge in [0.25, 0.3) is 0 Å². The van der Waals surface area contributed by atoms with Crippen LogP contribution in [-0.2, 0) is 5.41 Å². The highest BCUT2D eigenvalue weighted by Crippen LogP contribution is 2.49. The molecule has 0 bridgehead atoms. The van der Waals surface area contributed by atoms with Gasteiger partial charge in [-0.1, -0.05) is 28.1 Å². The summed E-state index contributed by atoms with van der Waals surface area (Å²) < 4.78 is 1.29. The minimum Gasteiger partial charge on any atom is -0.330 e. The molecule has 0 heterocycles. The first-order valence-electron chi connectivity index (χ1n) is 5.75. The van der Waals surface area contributed by atoms with E-state index in [0.717, 1.165) is 12.5 Å². The van der Waals surface area contributed by atoms with Gasteiger partial charge in [0, 0.05) is 16.4 Å². The first-order valence-corrected chi connectivity index (χ1v) is 6.54. The van der Waals surface area contributed by atoms with Crippen LogP contribution in [0.4, 0.5) is 0 Å². The Hall–Kier alpha value is -0.340. The lowest BCUT2D eigenvalue weighted by Gasteiger charge is -2.14. The van der Waals surface area contributed by atoms with E-state index in [4.69, 9.17) is 5.73 Å². The third-order valence-electron chi connectivity index (χ3n) is 3.87. The van der Waals surface area contributed by atoms with Crippen molar-refractivity contribution in [3.8, 4) is 0 Å². The Bertz CT molecular complexity index is 392. The van der Waals surface area contributed by atoms with Crippen molar-refractivity contribution in [2.75, 3.05) is 6.54 Å². The van der Waals surface area contributed by atoms with Crippen molar-refractivity contribution in [2.24, 2.45) is 5.73 Å². The van der Waals surface area contributed by atoms with Gasteiger partial charge in [-0.15, -0.1) is 0 Å². The molecule has 2 saturated carbocycles. The molecule has 2 heteroatoms. The molecule has 0 radical (unpaired) electrons. The summed E-state index contributed by atoms with van der Waals surface area (Å²) in [6.07, 6.45) is 5.25. The van der Waals surface area contributed by atoms with Crippen molar-refractivity contribution in [1.29, 1.82) is 0 Å². The van der Waals surface area contributed by atoms with Gasteiger partial charge < -0.3 is 5.73 Å². The zero-order valence-corrected chi connectivity index (χ0v) is 10.4. The van der Waals surface area contributed by atoms with Crippen LogP contribution < -0.4 is 5.73 Å². The molecule has 80 valence electrons. The van der Waals surface area contributed by atoms with E-state index in [-0.39, 0.29) is 0 Å². The van der Waals surface area contributed by atoms with Gasteiger partial charge in [0.2, 0.25) is 0 Å². The number of halogens is 1. The molecular weight excluding hydrogens is 250 g/mol. The van der Waals surface area contributed by atoms with Crippen LogP contribution in [0, 0.1) is 0 Å². The summed E-state index contributed by atoms with van der Waals surface area (Å²) in [5.74, 6) is 0.821. The van der Waals surface area contributed by atoms with Crippen LogP contribution in [0.5, 0.6) is 0 Å². The van der Waals surface area contributed by atoms with Crippen LogP contribution in [0.1, 0.15) is 42.7 Å². The first-order chi connectivity index (χ1) is 7.25. The van der Waals surface area contributed by atoms with Crippen LogP contribution >= 0.6 is 15.9 Å². The predicted molar refractivity (Wildman–Crippen MR) is 66.1 cm³/mol. The minimum absolute atomic E-state index is 0.324. The van der Waals surface area contributed by atoms with E-state index in [2.05, 4.69) is 34.1 Å². The Balaban J connectivity index is 1.94. The Morgan fingerprint density at radius 3 is 2.53 bits per heavy atom. The van der Waals surface area contributed by atoms with Crippen molar-refractivity contribution >= 4 is 15.9 Å². The zero-order valence-electron chi connectivity index (χ0n) is 8.80. The quantitative estimate of drug-likeness (QED) is 0.892. The third-order valence-corrected chi connectivity index (χ3v) is 4.56. The highest BCUT2D eigenvalue weighted by molar-refractivity contribution is 9.10. The number of nitrogens with two attached hydrogens (primary N) is 1. The molecule has 0 aliphatic heterocycles. The molecule has 2 aliphatic rings. The van der Waals surface area contributed by atoms with E-state index in [9.17, 15) is 0 Å². The van der Waals surface area contributed by atoms with Crippen LogP contribution in [0.25, 0.3) is 0 Å². The molecule has 0 saturated heterocycles. The fourth-order valence-electron chi connectivity index (χ4n) is 2.34. The normalized spacial score (nSPS) is 22.8. The minimum atomic E-state index is 0.324. The molecular formula is C13H16BrN. The zero-order chi connectivity index (χ0) is 10.5. The van der Waals surface area contributed by atoms with Crippen molar-refractivity contribution in [3.63, 3.8) is 0 Å². The van der Waals surface area contributed by atoms with Crippen LogP contribution in [0.15, 0.2) is 22.7 Å². The van der Waals surface area contributed by atoms with Gasteiger partial charge in [-0.3, -0.25) is 0 Å². The summed E-state index contributed by atoms with van der Waals surface area (Å²) in [5, 5.41) is 0. The Morgan fingerprint density at radius 2 is 2.07 bits per heavy atom. The molecule has 0 atom stereocenters. The molecule has 0 spiro atoms. The van der Waals surface area contributed by atoms with Crippen LogP contribution in [-0.4, -0.2) is 6.54 Å². The molecule has 1 nitrogen and oxygen atoms in total. The highest BCUT2D eigenvalue weighted by Gasteiger charge is 2.43. The molecule has 2 aliphatic carbocycles. The van der Waals surface area contributed by atoms with Gasteiger partial charge in [-0.25, -0.2) is 0 Å². The number of hydrogen-bond donors (Lipinski definition) is 1. The monoisotopic (exact) mass is 265 g/mol. The lowest BCUT2D eigenvalue weighted by atomic mass is 9.94. The average molecular weight is 266 g/mol. The van der Waals surface area contributed by atoms with E-state index in [1.165, 1.54) is 41.3 Å². The second kappa shape index (κ2) is 3.33. The maximum Gasteiger partial charge on any atom is 0.0213 e.